The number of hydrogen-bond acceptors (Lipinski definition) is 8. The first-order chi connectivity index (χ1) is 17.3. The van der Waals surface area contributed by atoms with Crippen LogP contribution in [0.5, 0.6) is 0 Å². The van der Waals surface area contributed by atoms with E-state index in [9.17, 15) is 19.8 Å². The van der Waals surface area contributed by atoms with Crippen molar-refractivity contribution in [1.29, 1.82) is 0 Å². The number of ether oxygens (including phenoxy) is 2. The van der Waals surface area contributed by atoms with Crippen LogP contribution in [0.25, 0.3) is 6.08 Å². The van der Waals surface area contributed by atoms with Crippen LogP contribution >= 0.6 is 11.3 Å². The van der Waals surface area contributed by atoms with Gasteiger partial charge < -0.3 is 19.7 Å². The molecular formula is C29H43NO6S. The molecule has 3 heterocycles. The highest BCUT2D eigenvalue weighted by molar-refractivity contribution is 7.09. The summed E-state index contributed by atoms with van der Waals surface area (Å²) in [7, 11) is 0. The topological polar surface area (TPSA) is 109 Å². The lowest BCUT2D eigenvalue weighted by molar-refractivity contribution is -0.154. The zero-order chi connectivity index (χ0) is 27.5. The predicted octanol–water partition coefficient (Wildman–Crippen LogP) is 5.03. The fourth-order valence-corrected chi connectivity index (χ4v) is 5.86. The van der Waals surface area contributed by atoms with Crippen LogP contribution in [-0.4, -0.2) is 57.0 Å². The summed E-state index contributed by atoms with van der Waals surface area (Å²) in [6.45, 7) is 14.9. The first-order valence-corrected chi connectivity index (χ1v) is 14.2. The van der Waals surface area contributed by atoms with E-state index in [0.717, 1.165) is 35.5 Å². The molecule has 2 saturated heterocycles. The number of aryl methyl sites for hydroxylation is 1. The molecule has 2 N–H and O–H groups in total. The second-order valence-corrected chi connectivity index (χ2v) is 12.7. The summed E-state index contributed by atoms with van der Waals surface area (Å²) in [5.41, 5.74) is 0.101. The summed E-state index contributed by atoms with van der Waals surface area (Å²) in [4.78, 5) is 31.1. The van der Waals surface area contributed by atoms with E-state index >= 15 is 0 Å². The lowest BCUT2D eigenvalue weighted by atomic mass is 9.71. The highest BCUT2D eigenvalue weighted by Crippen LogP contribution is 2.45. The van der Waals surface area contributed by atoms with Crippen LogP contribution < -0.4 is 0 Å². The third-order valence-electron chi connectivity index (χ3n) is 8.17. The summed E-state index contributed by atoms with van der Waals surface area (Å²) in [5, 5.41) is 25.0. The van der Waals surface area contributed by atoms with Gasteiger partial charge in [0.25, 0.3) is 0 Å². The van der Waals surface area contributed by atoms with Gasteiger partial charge in [-0.25, -0.2) is 4.98 Å². The van der Waals surface area contributed by atoms with E-state index in [1.807, 2.05) is 32.2 Å². The van der Waals surface area contributed by atoms with Crippen molar-refractivity contribution < 1.29 is 29.3 Å². The van der Waals surface area contributed by atoms with Gasteiger partial charge in [-0.1, -0.05) is 33.3 Å². The van der Waals surface area contributed by atoms with Crippen molar-refractivity contribution in [3.05, 3.63) is 34.3 Å². The summed E-state index contributed by atoms with van der Waals surface area (Å²) < 4.78 is 12.0. The minimum Gasteiger partial charge on any atom is -0.458 e. The van der Waals surface area contributed by atoms with Gasteiger partial charge in [0.05, 0.1) is 46.5 Å². The third-order valence-corrected chi connectivity index (χ3v) is 8.96. The molecule has 0 spiro atoms. The number of thiazole rings is 1. The number of fused-ring (bicyclic) bond motifs is 1. The smallest absolute Gasteiger partial charge is 0.309 e. The maximum Gasteiger partial charge on any atom is 0.309 e. The summed E-state index contributed by atoms with van der Waals surface area (Å²) in [5.74, 6) is -1.67. The Morgan fingerprint density at radius 1 is 1.30 bits per heavy atom. The molecule has 3 rings (SSSR count). The minimum atomic E-state index is -1.26. The lowest BCUT2D eigenvalue weighted by Crippen LogP contribution is -2.46. The number of carbonyl (C=O) groups excluding carboxylic acids is 2. The number of epoxide rings is 1. The Morgan fingerprint density at radius 3 is 2.62 bits per heavy atom. The van der Waals surface area contributed by atoms with Gasteiger partial charge in [0.15, 0.2) is 0 Å². The number of aromatic nitrogens is 1. The molecule has 7 nitrogen and oxygen atoms in total. The Kier molecular flexibility index (Phi) is 9.54. The van der Waals surface area contributed by atoms with Gasteiger partial charge in [-0.15, -0.1) is 17.9 Å². The zero-order valence-corrected chi connectivity index (χ0v) is 23.8. The van der Waals surface area contributed by atoms with Crippen molar-refractivity contribution in [3.63, 3.8) is 0 Å². The van der Waals surface area contributed by atoms with Gasteiger partial charge in [0.1, 0.15) is 11.9 Å². The molecule has 0 bridgehead atoms. The van der Waals surface area contributed by atoms with E-state index in [2.05, 4.69) is 18.5 Å². The molecule has 0 amide bonds. The van der Waals surface area contributed by atoms with Crippen LogP contribution in [0.15, 0.2) is 23.6 Å². The maximum atomic E-state index is 13.6. The van der Waals surface area contributed by atoms with E-state index in [4.69, 9.17) is 9.47 Å². The number of aliphatic hydroxyl groups is 2. The molecule has 1 aromatic rings. The van der Waals surface area contributed by atoms with Crippen molar-refractivity contribution in [1.82, 2.24) is 4.98 Å². The first-order valence-electron chi connectivity index (χ1n) is 13.3. The number of carbonyl (C=O) groups is 2. The summed E-state index contributed by atoms with van der Waals surface area (Å²) >= 11 is 1.56. The SMILES string of the molecule is C=CC[C@H]1C(=O)C(C)(C)[C@@H](O)CC(=O)O[C@H](C(C)=Cc2csc(C)n2)C[C@H]2O[C@]2(C)CCC[C@H](C)[C@@H]1O. The van der Waals surface area contributed by atoms with Crippen LogP contribution in [0, 0.1) is 24.2 Å². The average molecular weight is 534 g/mol. The first kappa shape index (κ1) is 29.7. The van der Waals surface area contributed by atoms with E-state index in [0.29, 0.717) is 12.8 Å². The van der Waals surface area contributed by atoms with Crippen molar-refractivity contribution in [2.24, 2.45) is 17.3 Å². The Morgan fingerprint density at radius 2 is 2.00 bits per heavy atom. The molecule has 0 radical (unpaired) electrons. The van der Waals surface area contributed by atoms with Crippen molar-refractivity contribution in [3.8, 4) is 0 Å². The number of Topliss-reactive ketones (excluding diaryl/α,β-unsaturated/α-hetero) is 1. The zero-order valence-electron chi connectivity index (χ0n) is 23.0. The van der Waals surface area contributed by atoms with Crippen molar-refractivity contribution >= 4 is 29.2 Å². The number of ketones is 1. The lowest BCUT2D eigenvalue weighted by Gasteiger charge is -2.35. The van der Waals surface area contributed by atoms with Gasteiger partial charge >= 0.3 is 5.97 Å². The Labute approximate surface area is 225 Å². The number of esters is 1. The Balaban J connectivity index is 1.88. The molecule has 0 aromatic carbocycles. The molecule has 2 aliphatic rings. The number of allylic oxidation sites excluding steroid dienone is 1. The quantitative estimate of drug-likeness (QED) is 0.317. The van der Waals surface area contributed by atoms with Gasteiger partial charge in [-0.05, 0) is 57.6 Å². The van der Waals surface area contributed by atoms with Crippen LogP contribution in [-0.2, 0) is 19.1 Å². The highest BCUT2D eigenvalue weighted by atomic mass is 32.1. The predicted molar refractivity (Wildman–Crippen MR) is 145 cm³/mol. The number of aliphatic hydroxyl groups excluding tert-OH is 2. The molecule has 0 unspecified atom stereocenters. The highest BCUT2D eigenvalue weighted by Gasteiger charge is 2.53. The molecule has 7 atom stereocenters. The van der Waals surface area contributed by atoms with Crippen molar-refractivity contribution in [2.45, 2.75) is 110 Å². The average Bonchev–Trinajstić information content (AvgIpc) is 3.27. The van der Waals surface area contributed by atoms with Crippen LogP contribution in [0.3, 0.4) is 0 Å². The number of hydrogen-bond donors (Lipinski definition) is 2. The van der Waals surface area contributed by atoms with E-state index < -0.39 is 35.6 Å². The molecule has 206 valence electrons. The van der Waals surface area contributed by atoms with Gasteiger partial charge in [-0.2, -0.15) is 0 Å². The van der Waals surface area contributed by atoms with E-state index in [-0.39, 0.29) is 29.8 Å². The fraction of sp³-hybridized carbons (Fsp3) is 0.690. The van der Waals surface area contributed by atoms with E-state index in [1.165, 1.54) is 0 Å². The monoisotopic (exact) mass is 533 g/mol. The summed E-state index contributed by atoms with van der Waals surface area (Å²) in [6.07, 6.45) is 3.71. The molecule has 2 fully saturated rings. The molecular weight excluding hydrogens is 490 g/mol. The number of rotatable bonds is 4. The normalized spacial score (nSPS) is 35.9. The minimum absolute atomic E-state index is 0.0598. The van der Waals surface area contributed by atoms with Gasteiger partial charge in [0, 0.05) is 17.7 Å². The molecule has 0 aliphatic carbocycles. The van der Waals surface area contributed by atoms with E-state index in [1.54, 1.807) is 31.3 Å². The fourth-order valence-electron chi connectivity index (χ4n) is 5.29. The Hall–Kier alpha value is -1.87. The van der Waals surface area contributed by atoms with Crippen LogP contribution in [0.1, 0.15) is 83.8 Å². The second-order valence-electron chi connectivity index (χ2n) is 11.6. The van der Waals surface area contributed by atoms with Crippen molar-refractivity contribution in [2.75, 3.05) is 0 Å². The van der Waals surface area contributed by atoms with Crippen LogP contribution in [0.4, 0.5) is 0 Å². The number of cyclic esters (lactones) is 1. The largest absolute Gasteiger partial charge is 0.458 e. The molecule has 2 aliphatic heterocycles. The third kappa shape index (κ3) is 7.16. The molecule has 37 heavy (non-hydrogen) atoms. The standard InChI is InChI=1S/C29H43NO6S/c1-8-10-21-26(33)17(2)11-9-12-29(7)24(36-29)14-22(18(3)13-20-16-37-19(4)30-20)35-25(32)15-23(31)28(5,6)27(21)34/h8,13,16-17,21-24,26,31,33H,1,9-12,14-15H2,2-7H3/t17-,21+,22-,23-,24+,26-,29+/m0/s1. The molecule has 1 aromatic heterocycles. The molecule has 8 heteroatoms. The maximum absolute atomic E-state index is 13.6. The molecule has 0 saturated carbocycles. The Bertz CT molecular complexity index is 1020. The second kappa shape index (κ2) is 11.9. The van der Waals surface area contributed by atoms with Crippen LogP contribution in [0.2, 0.25) is 0 Å². The van der Waals surface area contributed by atoms with Gasteiger partial charge in [0.2, 0.25) is 0 Å². The van der Waals surface area contributed by atoms with Gasteiger partial charge in [-0.3, -0.25) is 9.59 Å². The number of nitrogens with zero attached hydrogens (tertiary/aromatic N) is 1. The summed E-state index contributed by atoms with van der Waals surface area (Å²) in [6, 6.07) is 0.